The van der Waals surface area contributed by atoms with Crippen LogP contribution in [0.25, 0.3) is 6.08 Å². The molecule has 0 saturated carbocycles. The van der Waals surface area contributed by atoms with Gasteiger partial charge in [-0.05, 0) is 6.08 Å². The van der Waals surface area contributed by atoms with Crippen LogP contribution in [-0.2, 0) is 4.79 Å². The van der Waals surface area contributed by atoms with E-state index >= 15 is 0 Å². The Hall–Kier alpha value is -2.48. The van der Waals surface area contributed by atoms with Gasteiger partial charge in [-0.2, -0.15) is 0 Å². The number of nitrogens with zero attached hydrogens (tertiary/aromatic N) is 2. The molecule has 8 heteroatoms. The van der Waals surface area contributed by atoms with Gasteiger partial charge in [0.15, 0.2) is 5.13 Å². The molecular weight excluding hydrogens is 258 g/mol. The Kier molecular flexibility index (Phi) is 3.49. The second kappa shape index (κ2) is 5.23. The monoisotopic (exact) mass is 265 g/mol. The van der Waals surface area contributed by atoms with E-state index in [0.29, 0.717) is 10.0 Å². The molecule has 2 heterocycles. The van der Waals surface area contributed by atoms with Gasteiger partial charge in [-0.1, -0.05) is 16.5 Å². The molecule has 7 nitrogen and oxygen atoms in total. The van der Waals surface area contributed by atoms with Gasteiger partial charge in [0.1, 0.15) is 0 Å². The van der Waals surface area contributed by atoms with Gasteiger partial charge in [0.2, 0.25) is 5.76 Å². The number of carboxylic acids is 1. The molecule has 0 fully saturated rings. The Morgan fingerprint density at radius 3 is 3.00 bits per heavy atom. The second-order valence-corrected chi connectivity index (χ2v) is 4.13. The lowest BCUT2D eigenvalue weighted by Gasteiger charge is -1.95. The zero-order chi connectivity index (χ0) is 13.0. The summed E-state index contributed by atoms with van der Waals surface area (Å²) in [5, 5.41) is 14.7. The van der Waals surface area contributed by atoms with Crippen molar-refractivity contribution in [1.29, 1.82) is 0 Å². The highest BCUT2D eigenvalue weighted by atomic mass is 32.1. The molecule has 2 N–H and O–H groups in total. The van der Waals surface area contributed by atoms with E-state index in [1.165, 1.54) is 24.5 Å². The number of carbonyl (C=O) groups is 2. The van der Waals surface area contributed by atoms with Gasteiger partial charge in [0.25, 0.3) is 5.91 Å². The third kappa shape index (κ3) is 3.01. The maximum absolute atomic E-state index is 11.6. The largest absolute Gasteiger partial charge is 0.478 e. The molecule has 0 atom stereocenters. The Morgan fingerprint density at radius 1 is 1.50 bits per heavy atom. The Labute approximate surface area is 105 Å². The number of nitrogens with one attached hydrogen (secondary N) is 1. The van der Waals surface area contributed by atoms with Crippen LogP contribution < -0.4 is 5.32 Å². The van der Waals surface area contributed by atoms with Gasteiger partial charge in [-0.25, -0.2) is 9.78 Å². The molecule has 0 bridgehead atoms. The average molecular weight is 265 g/mol. The Morgan fingerprint density at radius 2 is 2.33 bits per heavy atom. The predicted octanol–water partition coefficient (Wildman–Crippen LogP) is 1.48. The summed E-state index contributed by atoms with van der Waals surface area (Å²) in [6.45, 7) is 0. The zero-order valence-corrected chi connectivity index (χ0v) is 9.68. The van der Waals surface area contributed by atoms with Crippen molar-refractivity contribution in [2.75, 3.05) is 5.32 Å². The fourth-order valence-electron chi connectivity index (χ4n) is 1.07. The standard InChI is InChI=1S/C10H7N3O4S/c14-8(15)2-1-6-5-11-10(18-6)13-9(16)7-3-4-12-17-7/h1-5H,(H,14,15)(H,11,13,16). The van der Waals surface area contributed by atoms with E-state index < -0.39 is 11.9 Å². The third-order valence-corrected chi connectivity index (χ3v) is 2.67. The molecule has 18 heavy (non-hydrogen) atoms. The molecule has 0 aliphatic rings. The van der Waals surface area contributed by atoms with Gasteiger partial charge in [0, 0.05) is 23.2 Å². The van der Waals surface area contributed by atoms with E-state index in [0.717, 1.165) is 17.4 Å². The van der Waals surface area contributed by atoms with Gasteiger partial charge < -0.3 is 9.63 Å². The quantitative estimate of drug-likeness (QED) is 0.811. The number of amides is 1. The smallest absolute Gasteiger partial charge is 0.328 e. The summed E-state index contributed by atoms with van der Waals surface area (Å²) >= 11 is 1.15. The molecule has 0 unspecified atom stereocenters. The minimum Gasteiger partial charge on any atom is -0.478 e. The van der Waals surface area contributed by atoms with Crippen molar-refractivity contribution in [3.63, 3.8) is 0 Å². The summed E-state index contributed by atoms with van der Waals surface area (Å²) in [6.07, 6.45) is 5.21. The number of aromatic nitrogens is 2. The number of rotatable bonds is 4. The first-order chi connectivity index (χ1) is 8.65. The molecule has 2 aromatic heterocycles. The molecule has 1 amide bonds. The van der Waals surface area contributed by atoms with E-state index in [4.69, 9.17) is 5.11 Å². The van der Waals surface area contributed by atoms with Crippen molar-refractivity contribution in [1.82, 2.24) is 10.1 Å². The molecule has 2 aromatic rings. The first-order valence-electron chi connectivity index (χ1n) is 4.74. The molecule has 0 radical (unpaired) electrons. The highest BCUT2D eigenvalue weighted by Gasteiger charge is 2.11. The minimum absolute atomic E-state index is 0.0767. The maximum Gasteiger partial charge on any atom is 0.328 e. The lowest BCUT2D eigenvalue weighted by Crippen LogP contribution is -2.10. The average Bonchev–Trinajstić information content (AvgIpc) is 2.97. The van der Waals surface area contributed by atoms with Crippen molar-refractivity contribution in [2.24, 2.45) is 0 Å². The first kappa shape index (κ1) is 12.0. The topological polar surface area (TPSA) is 105 Å². The van der Waals surface area contributed by atoms with Crippen molar-refractivity contribution in [3.05, 3.63) is 35.2 Å². The number of hydrogen-bond acceptors (Lipinski definition) is 6. The minimum atomic E-state index is -1.05. The number of anilines is 1. The molecule has 0 saturated heterocycles. The lowest BCUT2D eigenvalue weighted by atomic mass is 10.4. The Bertz CT molecular complexity index is 588. The van der Waals surface area contributed by atoms with E-state index in [1.807, 2.05) is 0 Å². The summed E-state index contributed by atoms with van der Waals surface area (Å²) in [5.41, 5.74) is 0. The molecule has 0 aliphatic carbocycles. The highest BCUT2D eigenvalue weighted by molar-refractivity contribution is 7.16. The highest BCUT2D eigenvalue weighted by Crippen LogP contribution is 2.19. The van der Waals surface area contributed by atoms with Crippen LogP contribution >= 0.6 is 11.3 Å². The summed E-state index contributed by atoms with van der Waals surface area (Å²) in [4.78, 5) is 26.4. The van der Waals surface area contributed by atoms with E-state index in [1.54, 1.807) is 0 Å². The predicted molar refractivity (Wildman–Crippen MR) is 63.2 cm³/mol. The zero-order valence-electron chi connectivity index (χ0n) is 8.86. The van der Waals surface area contributed by atoms with Gasteiger partial charge in [0.05, 0.1) is 6.20 Å². The van der Waals surface area contributed by atoms with Crippen LogP contribution in [0.3, 0.4) is 0 Å². The van der Waals surface area contributed by atoms with Crippen molar-refractivity contribution >= 4 is 34.4 Å². The van der Waals surface area contributed by atoms with E-state index in [2.05, 4.69) is 20.0 Å². The summed E-state index contributed by atoms with van der Waals surface area (Å²) in [7, 11) is 0. The third-order valence-electron chi connectivity index (χ3n) is 1.80. The number of carboxylic acid groups (broad SMARTS) is 1. The van der Waals surface area contributed by atoms with Crippen LogP contribution in [0, 0.1) is 0 Å². The van der Waals surface area contributed by atoms with Crippen LogP contribution in [0.15, 0.2) is 29.1 Å². The van der Waals surface area contributed by atoms with E-state index in [-0.39, 0.29) is 5.76 Å². The second-order valence-electron chi connectivity index (χ2n) is 3.07. The summed E-state index contributed by atoms with van der Waals surface area (Å²) in [5.74, 6) is -1.43. The number of thiazole rings is 1. The van der Waals surface area contributed by atoms with Crippen LogP contribution in [0.4, 0.5) is 5.13 Å². The fourth-order valence-corrected chi connectivity index (χ4v) is 1.78. The van der Waals surface area contributed by atoms with Crippen molar-refractivity contribution in [3.8, 4) is 0 Å². The maximum atomic E-state index is 11.6. The van der Waals surface area contributed by atoms with Gasteiger partial charge >= 0.3 is 5.97 Å². The lowest BCUT2D eigenvalue weighted by molar-refractivity contribution is -0.131. The SMILES string of the molecule is O=C(O)C=Cc1cnc(NC(=O)c2ccno2)s1. The summed E-state index contributed by atoms with van der Waals surface area (Å²) < 4.78 is 4.68. The van der Waals surface area contributed by atoms with Crippen molar-refractivity contribution < 1.29 is 19.2 Å². The molecular formula is C10H7N3O4S. The number of hydrogen-bond donors (Lipinski definition) is 2. The number of aliphatic carboxylic acids is 1. The van der Waals surface area contributed by atoms with Crippen LogP contribution in [0.5, 0.6) is 0 Å². The molecule has 0 aliphatic heterocycles. The van der Waals surface area contributed by atoms with E-state index in [9.17, 15) is 9.59 Å². The molecule has 0 aromatic carbocycles. The molecule has 0 spiro atoms. The first-order valence-corrected chi connectivity index (χ1v) is 5.55. The van der Waals surface area contributed by atoms with Crippen molar-refractivity contribution in [2.45, 2.75) is 0 Å². The van der Waals surface area contributed by atoms with Gasteiger partial charge in [-0.3, -0.25) is 10.1 Å². The number of carbonyl (C=O) groups excluding carboxylic acids is 1. The molecule has 2 rings (SSSR count). The Balaban J connectivity index is 2.03. The fraction of sp³-hybridized carbons (Fsp3) is 0. The molecule has 92 valence electrons. The summed E-state index contributed by atoms with van der Waals surface area (Å²) in [6, 6.07) is 1.42. The van der Waals surface area contributed by atoms with Gasteiger partial charge in [-0.15, -0.1) is 0 Å². The normalized spacial score (nSPS) is 10.7. The van der Waals surface area contributed by atoms with Crippen LogP contribution in [-0.4, -0.2) is 27.1 Å². The van der Waals surface area contributed by atoms with Crippen LogP contribution in [0.2, 0.25) is 0 Å². The van der Waals surface area contributed by atoms with Crippen LogP contribution in [0.1, 0.15) is 15.4 Å².